The van der Waals surface area contributed by atoms with E-state index in [0.29, 0.717) is 0 Å². The first kappa shape index (κ1) is 8.11. The van der Waals surface area contributed by atoms with Gasteiger partial charge in [-0.15, -0.1) is 0 Å². The summed E-state index contributed by atoms with van der Waals surface area (Å²) >= 11 is -1.23. The second kappa shape index (κ2) is 4.76. The van der Waals surface area contributed by atoms with Crippen molar-refractivity contribution < 1.29 is 23.3 Å². The predicted octanol–water partition coefficient (Wildman–Crippen LogP) is 2.23. The first-order valence-corrected chi connectivity index (χ1v) is 12.5. The van der Waals surface area contributed by atoms with Crippen LogP contribution in [0, 0.1) is 9.35 Å². The molecule has 0 amide bonds. The van der Waals surface area contributed by atoms with Crippen molar-refractivity contribution in [3.05, 3.63) is 35.9 Å². The van der Waals surface area contributed by atoms with Crippen LogP contribution in [-0.2, 0) is 23.3 Å². The van der Waals surface area contributed by atoms with E-state index in [-0.39, 0.29) is 0 Å². The zero-order chi connectivity index (χ0) is 7.23. The van der Waals surface area contributed by atoms with Crippen LogP contribution in [0.25, 0.3) is 0 Å². The molecule has 46 valence electrons. The van der Waals surface area contributed by atoms with Gasteiger partial charge in [-0.05, 0) is 0 Å². The molecule has 0 atom stereocenters. The molecule has 0 radical (unpaired) electrons. The van der Waals surface area contributed by atoms with Crippen LogP contribution in [0.4, 0.5) is 0 Å². The normalized spacial score (nSPS) is 7.30. The van der Waals surface area contributed by atoms with Crippen LogP contribution < -0.4 is 0 Å². The molecule has 10 heavy (non-hydrogen) atoms. The third-order valence-corrected chi connectivity index (χ3v) is 3.45. The molecule has 0 heterocycles. The van der Waals surface area contributed by atoms with Crippen molar-refractivity contribution in [1.29, 1.82) is 0 Å². The molecule has 1 aromatic rings. The average Bonchev–Trinajstić information content (AvgIpc) is 2.03. The van der Waals surface area contributed by atoms with Crippen molar-refractivity contribution in [2.75, 3.05) is 0 Å². The fourth-order valence-electron chi connectivity index (χ4n) is 0.657. The van der Waals surface area contributed by atoms with E-state index in [1.165, 1.54) is 0 Å². The molecule has 0 spiro atoms. The van der Waals surface area contributed by atoms with Crippen LogP contribution in [0.1, 0.15) is 5.56 Å². The van der Waals surface area contributed by atoms with Gasteiger partial charge in [0.1, 0.15) is 0 Å². The predicted molar refractivity (Wildman–Crippen MR) is 39.2 cm³/mol. The molecule has 0 unspecified atom stereocenters. The van der Waals surface area contributed by atoms with Crippen molar-refractivity contribution in [1.82, 2.24) is 0 Å². The zero-order valence-electron chi connectivity index (χ0n) is 5.47. The Morgan fingerprint density at radius 1 is 1.20 bits per heavy atom. The molecule has 0 nitrogen and oxygen atoms in total. The minimum absolute atomic E-state index is 1.07. The summed E-state index contributed by atoms with van der Waals surface area (Å²) in [7, 11) is 5.60. The van der Waals surface area contributed by atoms with Gasteiger partial charge in [0.2, 0.25) is 0 Å². The molecule has 0 bridgehead atoms. The first-order valence-electron chi connectivity index (χ1n) is 3.03. The van der Waals surface area contributed by atoms with Crippen LogP contribution in [0.3, 0.4) is 0 Å². The number of hydrogen-bond donors (Lipinski definition) is 0. The summed E-state index contributed by atoms with van der Waals surface area (Å²) in [5.74, 6) is 3.01. The fourth-order valence-corrected chi connectivity index (χ4v) is 2.30. The average molecular weight is 337 g/mol. The van der Waals surface area contributed by atoms with E-state index in [1.54, 1.807) is 0 Å². The quantitative estimate of drug-likeness (QED) is 0.503. The Kier molecular flexibility index (Phi) is 3.86. The molecule has 0 aliphatic rings. The molecule has 0 aliphatic heterocycles. The Hall–Kier alpha value is 0.00506. The number of benzene rings is 1. The second-order valence-electron chi connectivity index (χ2n) is 1.80. The molecule has 1 aromatic carbocycles. The van der Waals surface area contributed by atoms with E-state index < -0.39 is 23.3 Å². The van der Waals surface area contributed by atoms with Gasteiger partial charge < -0.3 is 0 Å². The Bertz CT molecular complexity index is 245. The van der Waals surface area contributed by atoms with Crippen molar-refractivity contribution >= 4 is 8.25 Å². The summed E-state index contributed by atoms with van der Waals surface area (Å²) in [6.45, 7) is 0. The van der Waals surface area contributed by atoms with Gasteiger partial charge in [0.15, 0.2) is 0 Å². The summed E-state index contributed by atoms with van der Waals surface area (Å²) in [6, 6.07) is 9.93. The van der Waals surface area contributed by atoms with Crippen LogP contribution in [0.15, 0.2) is 30.3 Å². The number of hydrogen-bond acceptors (Lipinski definition) is 0. The van der Waals surface area contributed by atoms with Gasteiger partial charge in [0.05, 0.1) is 0 Å². The summed E-state index contributed by atoms with van der Waals surface area (Å²) in [6.07, 6.45) is 0. The molecule has 0 aliphatic carbocycles. The summed E-state index contributed by atoms with van der Waals surface area (Å²) in [5, 5.41) is 0. The molecular weight excluding hydrogens is 332 g/mol. The van der Waals surface area contributed by atoms with Crippen molar-refractivity contribution in [2.24, 2.45) is 0 Å². The Morgan fingerprint density at radius 2 is 1.90 bits per heavy atom. The van der Waals surface area contributed by atoms with Crippen LogP contribution in [-0.4, -0.2) is 0 Å². The molecule has 0 saturated carbocycles. The summed E-state index contributed by atoms with van der Waals surface area (Å²) < 4.78 is 3.00. The number of halogens is 1. The summed E-state index contributed by atoms with van der Waals surface area (Å²) in [5.41, 5.74) is 1.07. The SMILES string of the molecule is [Cl][Hg][C]#Cc1ccccc1. The third kappa shape index (κ3) is 2.73. The summed E-state index contributed by atoms with van der Waals surface area (Å²) in [4.78, 5) is 0. The second-order valence-corrected chi connectivity index (χ2v) is 6.56. The molecule has 0 N–H and O–H groups in total. The van der Waals surface area contributed by atoms with E-state index in [9.17, 15) is 0 Å². The number of rotatable bonds is 0. The molecule has 0 saturated heterocycles. The fraction of sp³-hybridized carbons (Fsp3) is 0. The van der Waals surface area contributed by atoms with Gasteiger partial charge in [-0.1, -0.05) is 0 Å². The van der Waals surface area contributed by atoms with Gasteiger partial charge in [0, 0.05) is 0 Å². The standard InChI is InChI=1S/C8H5.ClH.Hg/c1-2-8-6-4-3-5-7-8;;/h3-7H;1H;/q;;+1/p-1. The van der Waals surface area contributed by atoms with Crippen LogP contribution in [0.2, 0.25) is 0 Å². The van der Waals surface area contributed by atoms with E-state index in [0.717, 1.165) is 5.56 Å². The molecule has 1 rings (SSSR count). The van der Waals surface area contributed by atoms with E-state index in [1.807, 2.05) is 30.3 Å². The van der Waals surface area contributed by atoms with Gasteiger partial charge in [0.25, 0.3) is 0 Å². The molecule has 2 heteroatoms. The van der Waals surface area contributed by atoms with Gasteiger partial charge in [-0.3, -0.25) is 0 Å². The van der Waals surface area contributed by atoms with Crippen LogP contribution in [0.5, 0.6) is 0 Å². The minimum atomic E-state index is -1.23. The molecular formula is C8H5ClHg. The van der Waals surface area contributed by atoms with E-state index in [2.05, 4.69) is 9.35 Å². The maximum absolute atomic E-state index is 5.60. The van der Waals surface area contributed by atoms with Crippen molar-refractivity contribution in [3.63, 3.8) is 0 Å². The van der Waals surface area contributed by atoms with Gasteiger partial charge in [-0.2, -0.15) is 0 Å². The molecule has 0 fully saturated rings. The van der Waals surface area contributed by atoms with E-state index >= 15 is 0 Å². The third-order valence-electron chi connectivity index (χ3n) is 1.07. The zero-order valence-corrected chi connectivity index (χ0v) is 11.7. The Balaban J connectivity index is 2.76. The molecule has 0 aromatic heterocycles. The maximum atomic E-state index is 5.60. The Morgan fingerprint density at radius 3 is 2.50 bits per heavy atom. The van der Waals surface area contributed by atoms with E-state index in [4.69, 9.17) is 8.25 Å². The first-order chi connectivity index (χ1) is 4.93. The van der Waals surface area contributed by atoms with Gasteiger partial charge in [-0.25, -0.2) is 0 Å². The van der Waals surface area contributed by atoms with Crippen molar-refractivity contribution in [3.8, 4) is 9.35 Å². The topological polar surface area (TPSA) is 0 Å². The van der Waals surface area contributed by atoms with Crippen molar-refractivity contribution in [2.45, 2.75) is 0 Å². The Labute approximate surface area is 76.5 Å². The van der Waals surface area contributed by atoms with Gasteiger partial charge >= 0.3 is 76.8 Å². The van der Waals surface area contributed by atoms with Crippen LogP contribution >= 0.6 is 8.25 Å². The monoisotopic (exact) mass is 338 g/mol.